The molecule has 0 unspecified atom stereocenters. The van der Waals surface area contributed by atoms with Crippen molar-refractivity contribution in [3.63, 3.8) is 0 Å². The van der Waals surface area contributed by atoms with Crippen LogP contribution in [-0.2, 0) is 14.3 Å². The lowest BCUT2D eigenvalue weighted by atomic mass is 10.1. The van der Waals surface area contributed by atoms with Crippen LogP contribution in [0.15, 0.2) is 30.4 Å². The van der Waals surface area contributed by atoms with E-state index < -0.39 is 0 Å². The molecule has 0 amide bonds. The molecule has 2 heterocycles. The molecule has 0 N–H and O–H groups in total. The van der Waals surface area contributed by atoms with Gasteiger partial charge in [-0.1, -0.05) is 12.1 Å². The maximum Gasteiger partial charge on any atom is 0.309 e. The van der Waals surface area contributed by atoms with E-state index in [9.17, 15) is 4.79 Å². The maximum absolute atomic E-state index is 11.6. The summed E-state index contributed by atoms with van der Waals surface area (Å²) in [5.41, 5.74) is 0.886. The van der Waals surface area contributed by atoms with Crippen LogP contribution in [-0.4, -0.2) is 26.0 Å². The lowest BCUT2D eigenvalue weighted by Crippen LogP contribution is -2.12. The predicted molar refractivity (Wildman–Crippen MR) is 66.0 cm³/mol. The Morgan fingerprint density at radius 2 is 1.84 bits per heavy atom. The highest BCUT2D eigenvalue weighted by Gasteiger charge is 2.21. The molecule has 0 aromatic heterocycles. The van der Waals surface area contributed by atoms with E-state index in [-0.39, 0.29) is 25.3 Å². The van der Waals surface area contributed by atoms with Crippen LogP contribution in [0, 0.1) is 0 Å². The molecule has 1 atom stereocenters. The van der Waals surface area contributed by atoms with Crippen molar-refractivity contribution in [3.8, 4) is 11.5 Å². The van der Waals surface area contributed by atoms with Gasteiger partial charge in [-0.15, -0.1) is 0 Å². The number of esters is 1. The molecule has 2 aliphatic heterocycles. The van der Waals surface area contributed by atoms with Crippen LogP contribution in [0.25, 0.3) is 0 Å². The Bertz CT molecular complexity index is 509. The largest absolute Gasteiger partial charge is 0.461 e. The van der Waals surface area contributed by atoms with E-state index >= 15 is 0 Å². The van der Waals surface area contributed by atoms with E-state index in [1.807, 2.05) is 24.3 Å². The fourth-order valence-corrected chi connectivity index (χ4v) is 2.05. The molecule has 0 spiro atoms. The summed E-state index contributed by atoms with van der Waals surface area (Å²) in [6, 6.07) is 5.56. The smallest absolute Gasteiger partial charge is 0.309 e. The summed E-state index contributed by atoms with van der Waals surface area (Å²) >= 11 is 0. The van der Waals surface area contributed by atoms with Gasteiger partial charge in [0.1, 0.15) is 6.61 Å². The fraction of sp³-hybridized carbons (Fsp3) is 0.357. The third-order valence-electron chi connectivity index (χ3n) is 3.02. The quantitative estimate of drug-likeness (QED) is 0.572. The number of cyclic esters (lactones) is 1. The second-order valence-corrected chi connectivity index (χ2v) is 4.29. The Balaban J connectivity index is 1.82. The van der Waals surface area contributed by atoms with Crippen LogP contribution in [0.1, 0.15) is 18.1 Å². The van der Waals surface area contributed by atoms with Gasteiger partial charge in [0.05, 0.1) is 19.1 Å². The molecule has 1 aromatic carbocycles. The van der Waals surface area contributed by atoms with E-state index in [2.05, 4.69) is 0 Å². The number of benzene rings is 1. The number of ether oxygens (including phenoxy) is 4. The van der Waals surface area contributed by atoms with Crippen molar-refractivity contribution in [1.82, 2.24) is 0 Å². The van der Waals surface area contributed by atoms with Crippen LogP contribution < -0.4 is 9.47 Å². The molecule has 0 fully saturated rings. The lowest BCUT2D eigenvalue weighted by Gasteiger charge is -2.16. The number of hydrogen-bond acceptors (Lipinski definition) is 5. The molecule has 5 nitrogen and oxygen atoms in total. The molecule has 5 heteroatoms. The zero-order chi connectivity index (χ0) is 13.1. The van der Waals surface area contributed by atoms with E-state index in [1.165, 1.54) is 0 Å². The SMILES string of the molecule is O=C1C[C@@H](c2ccc3c(c2)OCO3)OC/C=C\CO1. The van der Waals surface area contributed by atoms with Crippen LogP contribution in [0.2, 0.25) is 0 Å². The molecule has 0 bridgehead atoms. The van der Waals surface area contributed by atoms with Crippen LogP contribution >= 0.6 is 0 Å². The third kappa shape index (κ3) is 2.71. The minimum Gasteiger partial charge on any atom is -0.461 e. The second-order valence-electron chi connectivity index (χ2n) is 4.29. The second kappa shape index (κ2) is 5.32. The fourth-order valence-electron chi connectivity index (χ4n) is 2.05. The van der Waals surface area contributed by atoms with Gasteiger partial charge in [0.25, 0.3) is 0 Å². The summed E-state index contributed by atoms with van der Waals surface area (Å²) in [6.07, 6.45) is 3.49. The van der Waals surface area contributed by atoms with Gasteiger partial charge in [-0.2, -0.15) is 0 Å². The standard InChI is InChI=1S/C14H14O5/c15-14-8-12(16-5-1-2-6-17-14)10-3-4-11-13(7-10)19-9-18-11/h1-4,7,12H,5-6,8-9H2/b2-1-/t12-/m0/s1. The predicted octanol–water partition coefficient (Wildman–Crippen LogP) is 1.98. The van der Waals surface area contributed by atoms with E-state index in [0.29, 0.717) is 24.7 Å². The molecule has 0 saturated heterocycles. The number of rotatable bonds is 1. The molecule has 0 aliphatic carbocycles. The number of carbonyl (C=O) groups excluding carboxylic acids is 1. The van der Waals surface area contributed by atoms with Crippen LogP contribution in [0.3, 0.4) is 0 Å². The summed E-state index contributed by atoms with van der Waals surface area (Å²) in [5.74, 6) is 1.13. The van der Waals surface area contributed by atoms with Gasteiger partial charge in [0.2, 0.25) is 6.79 Å². The van der Waals surface area contributed by atoms with E-state index in [4.69, 9.17) is 18.9 Å². The van der Waals surface area contributed by atoms with Gasteiger partial charge in [0, 0.05) is 0 Å². The highest BCUT2D eigenvalue weighted by atomic mass is 16.7. The first-order chi connectivity index (χ1) is 9.33. The summed E-state index contributed by atoms with van der Waals surface area (Å²) in [6.45, 7) is 0.987. The highest BCUT2D eigenvalue weighted by Crippen LogP contribution is 2.35. The molecule has 2 aliphatic rings. The minimum absolute atomic E-state index is 0.196. The van der Waals surface area contributed by atoms with Gasteiger partial charge in [-0.3, -0.25) is 4.79 Å². The lowest BCUT2D eigenvalue weighted by molar-refractivity contribution is -0.145. The molecule has 100 valence electrons. The molecular weight excluding hydrogens is 248 g/mol. The van der Waals surface area contributed by atoms with Crippen LogP contribution in [0.5, 0.6) is 11.5 Å². The third-order valence-corrected chi connectivity index (χ3v) is 3.02. The minimum atomic E-state index is -0.329. The Labute approximate surface area is 110 Å². The van der Waals surface area contributed by atoms with Crippen molar-refractivity contribution >= 4 is 5.97 Å². The summed E-state index contributed by atoms with van der Waals surface area (Å²) in [7, 11) is 0. The Morgan fingerprint density at radius 1 is 1.00 bits per heavy atom. The van der Waals surface area contributed by atoms with E-state index in [1.54, 1.807) is 6.08 Å². The monoisotopic (exact) mass is 262 g/mol. The summed E-state index contributed by atoms with van der Waals surface area (Å²) in [4.78, 5) is 11.6. The van der Waals surface area contributed by atoms with Crippen molar-refractivity contribution in [2.24, 2.45) is 0 Å². The molecule has 0 radical (unpaired) electrons. The first kappa shape index (κ1) is 12.0. The van der Waals surface area contributed by atoms with Gasteiger partial charge < -0.3 is 18.9 Å². The summed E-state index contributed by atoms with van der Waals surface area (Å²) < 4.78 is 21.3. The van der Waals surface area contributed by atoms with Crippen molar-refractivity contribution in [2.45, 2.75) is 12.5 Å². The molecule has 19 heavy (non-hydrogen) atoms. The molecule has 1 aromatic rings. The highest BCUT2D eigenvalue weighted by molar-refractivity contribution is 5.70. The topological polar surface area (TPSA) is 54.0 Å². The molecule has 3 rings (SSSR count). The zero-order valence-electron chi connectivity index (χ0n) is 10.3. The van der Waals surface area contributed by atoms with Crippen molar-refractivity contribution < 1.29 is 23.7 Å². The van der Waals surface area contributed by atoms with Gasteiger partial charge in [-0.05, 0) is 23.8 Å². The maximum atomic E-state index is 11.6. The summed E-state index contributed by atoms with van der Waals surface area (Å²) in [5, 5.41) is 0. The van der Waals surface area contributed by atoms with Gasteiger partial charge in [0.15, 0.2) is 11.5 Å². The van der Waals surface area contributed by atoms with Crippen molar-refractivity contribution in [1.29, 1.82) is 0 Å². The van der Waals surface area contributed by atoms with Gasteiger partial charge >= 0.3 is 5.97 Å². The Morgan fingerprint density at radius 3 is 2.79 bits per heavy atom. The van der Waals surface area contributed by atoms with Crippen LogP contribution in [0.4, 0.5) is 0 Å². The zero-order valence-corrected chi connectivity index (χ0v) is 10.3. The molecular formula is C14H14O5. The Kier molecular flexibility index (Phi) is 3.37. The Hall–Kier alpha value is -2.01. The van der Waals surface area contributed by atoms with Crippen molar-refractivity contribution in [3.05, 3.63) is 35.9 Å². The van der Waals surface area contributed by atoms with Gasteiger partial charge in [-0.25, -0.2) is 0 Å². The first-order valence-electron chi connectivity index (χ1n) is 6.15. The average Bonchev–Trinajstić information content (AvgIpc) is 2.90. The number of fused-ring (bicyclic) bond motifs is 1. The molecule has 0 saturated carbocycles. The first-order valence-corrected chi connectivity index (χ1v) is 6.15. The number of hydrogen-bond donors (Lipinski definition) is 0. The van der Waals surface area contributed by atoms with Crippen molar-refractivity contribution in [2.75, 3.05) is 20.0 Å². The number of carbonyl (C=O) groups is 1. The average molecular weight is 262 g/mol. The normalized spacial score (nSPS) is 24.0. The van der Waals surface area contributed by atoms with E-state index in [0.717, 1.165) is 5.56 Å².